The van der Waals surface area contributed by atoms with Crippen molar-refractivity contribution in [2.45, 2.75) is 69.5 Å². The van der Waals surface area contributed by atoms with Crippen molar-refractivity contribution < 1.29 is 27.1 Å². The van der Waals surface area contributed by atoms with Crippen LogP contribution < -0.4 is 15.1 Å². The summed E-state index contributed by atoms with van der Waals surface area (Å²) in [6, 6.07) is 3.27. The van der Waals surface area contributed by atoms with E-state index in [1.807, 2.05) is 17.9 Å². The summed E-state index contributed by atoms with van der Waals surface area (Å²) in [5, 5.41) is 14.1. The van der Waals surface area contributed by atoms with Gasteiger partial charge in [-0.05, 0) is 57.2 Å². The maximum Gasteiger partial charge on any atom is 0.246 e. The van der Waals surface area contributed by atoms with Crippen molar-refractivity contribution in [3.63, 3.8) is 0 Å². The summed E-state index contributed by atoms with van der Waals surface area (Å²) in [5.74, 6) is 1.95. The number of aromatic nitrogens is 5. The minimum Gasteiger partial charge on any atom is -0.381 e. The van der Waals surface area contributed by atoms with Gasteiger partial charge in [0.2, 0.25) is 11.9 Å². The van der Waals surface area contributed by atoms with Crippen LogP contribution in [0.2, 0.25) is 0 Å². The van der Waals surface area contributed by atoms with Gasteiger partial charge in [-0.1, -0.05) is 6.58 Å². The number of ether oxygens (including phenoxy) is 2. The zero-order chi connectivity index (χ0) is 35.0. The van der Waals surface area contributed by atoms with Crippen molar-refractivity contribution in [3.8, 4) is 0 Å². The van der Waals surface area contributed by atoms with E-state index < -0.39 is 22.1 Å². The number of halogens is 1. The first kappa shape index (κ1) is 34.4. The van der Waals surface area contributed by atoms with Gasteiger partial charge in [0.25, 0.3) is 0 Å². The number of nitrogens with one attached hydrogen (secondary N) is 1. The Morgan fingerprint density at radius 3 is 2.68 bits per heavy atom. The largest absolute Gasteiger partial charge is 0.381 e. The third-order valence-electron chi connectivity index (χ3n) is 10.3. The van der Waals surface area contributed by atoms with Crippen molar-refractivity contribution in [3.05, 3.63) is 42.9 Å². The molecule has 4 saturated heterocycles. The Balaban J connectivity index is 1.13. The van der Waals surface area contributed by atoms with E-state index in [1.165, 1.54) is 12.3 Å². The molecule has 3 aromatic rings. The standard InChI is InChI=1S/C34H44FN9O5S/c1-4-31(45)43-12-5-6-27(43)32-24-16-30(37-17-25(24)33(41-40-32)44-18-22(21(44)2)20-50(3,46)47)38-29-7-11-36-34(39-29)42-13-8-28(26(35)19-42)49-23-9-14-48-15-10-23/h4,7,11,16-17,21-23,26-28H,1,5-6,8-10,12-15,18-20H2,2-3H3,(H,36,37,38,39)/t21-,22-,26+,27?,28-/m1/s1. The third kappa shape index (κ3) is 7.23. The Morgan fingerprint density at radius 2 is 1.94 bits per heavy atom. The van der Waals surface area contributed by atoms with Crippen molar-refractivity contribution in [2.24, 2.45) is 5.92 Å². The molecule has 7 rings (SSSR count). The van der Waals surface area contributed by atoms with E-state index in [2.05, 4.69) is 32.0 Å². The number of amides is 1. The number of rotatable bonds is 10. The van der Waals surface area contributed by atoms with Crippen molar-refractivity contribution in [1.82, 2.24) is 30.0 Å². The maximum atomic E-state index is 15.3. The van der Waals surface area contributed by atoms with Gasteiger partial charge >= 0.3 is 0 Å². The molecule has 1 amide bonds. The molecular formula is C34H44FN9O5S. The van der Waals surface area contributed by atoms with Crippen LogP contribution in [-0.2, 0) is 24.1 Å². The monoisotopic (exact) mass is 709 g/mol. The summed E-state index contributed by atoms with van der Waals surface area (Å²) in [5.41, 5.74) is 0.658. The SMILES string of the molecule is C=CC(=O)N1CCCC1c1nnc(N2C[C@H](CS(C)(=O)=O)[C@H]2C)c2cnc(Nc3ccnc(N4CC[C@@H](OC5CCOCC5)[C@@H](F)C4)n3)cc12. The number of alkyl halides is 1. The second-order valence-corrected chi connectivity index (χ2v) is 16.0. The van der Waals surface area contributed by atoms with Gasteiger partial charge in [0, 0.05) is 74.2 Å². The molecule has 1 N–H and O–H groups in total. The fourth-order valence-corrected chi connectivity index (χ4v) is 8.70. The number of nitrogens with zero attached hydrogens (tertiary/aromatic N) is 8. The van der Waals surface area contributed by atoms with Crippen molar-refractivity contribution in [1.29, 1.82) is 0 Å². The lowest BCUT2D eigenvalue weighted by Crippen LogP contribution is -2.57. The second kappa shape index (κ2) is 14.3. The lowest BCUT2D eigenvalue weighted by Gasteiger charge is -2.47. The molecule has 0 aromatic carbocycles. The fraction of sp³-hybridized carbons (Fsp3) is 0.588. The number of hydrogen-bond donors (Lipinski definition) is 1. The van der Waals surface area contributed by atoms with Crippen LogP contribution in [0.1, 0.15) is 50.8 Å². The molecule has 4 aliphatic rings. The number of anilines is 4. The first-order valence-electron chi connectivity index (χ1n) is 17.3. The Morgan fingerprint density at radius 1 is 1.12 bits per heavy atom. The molecule has 5 atom stereocenters. The molecule has 0 saturated carbocycles. The zero-order valence-electron chi connectivity index (χ0n) is 28.4. The van der Waals surface area contributed by atoms with E-state index in [0.29, 0.717) is 68.4 Å². The van der Waals surface area contributed by atoms with E-state index in [0.717, 1.165) is 36.5 Å². The van der Waals surface area contributed by atoms with E-state index in [-0.39, 0.29) is 42.3 Å². The molecule has 4 fully saturated rings. The molecule has 0 radical (unpaired) electrons. The van der Waals surface area contributed by atoms with E-state index in [9.17, 15) is 13.2 Å². The third-order valence-corrected chi connectivity index (χ3v) is 11.3. The molecule has 4 aliphatic heterocycles. The number of hydrogen-bond acceptors (Lipinski definition) is 13. The van der Waals surface area contributed by atoms with E-state index in [4.69, 9.17) is 19.4 Å². The Labute approximate surface area is 291 Å². The average Bonchev–Trinajstić information content (AvgIpc) is 3.60. The van der Waals surface area contributed by atoms with Crippen LogP contribution in [0.4, 0.5) is 27.8 Å². The minimum absolute atomic E-state index is 0.0177. The summed E-state index contributed by atoms with van der Waals surface area (Å²) in [6.45, 7) is 8.80. The molecule has 268 valence electrons. The molecule has 0 spiro atoms. The summed E-state index contributed by atoms with van der Waals surface area (Å²) in [4.78, 5) is 32.3. The number of pyridine rings is 1. The predicted molar refractivity (Wildman–Crippen MR) is 187 cm³/mol. The van der Waals surface area contributed by atoms with Crippen LogP contribution in [0.3, 0.4) is 0 Å². The topological polar surface area (TPSA) is 156 Å². The predicted octanol–water partition coefficient (Wildman–Crippen LogP) is 3.39. The molecule has 3 aromatic heterocycles. The molecule has 14 nitrogen and oxygen atoms in total. The normalized spacial score (nSPS) is 26.2. The van der Waals surface area contributed by atoms with Crippen molar-refractivity contribution in [2.75, 3.05) is 66.5 Å². The van der Waals surface area contributed by atoms with Gasteiger partial charge in [-0.15, -0.1) is 5.10 Å². The molecular weight excluding hydrogens is 665 g/mol. The highest BCUT2D eigenvalue weighted by atomic mass is 32.2. The number of fused-ring (bicyclic) bond motifs is 1. The van der Waals surface area contributed by atoms with Gasteiger partial charge in [0.15, 0.2) is 5.82 Å². The van der Waals surface area contributed by atoms with Crippen LogP contribution in [0, 0.1) is 5.92 Å². The summed E-state index contributed by atoms with van der Waals surface area (Å²) in [7, 11) is -3.13. The van der Waals surface area contributed by atoms with E-state index in [1.54, 1.807) is 23.4 Å². The second-order valence-electron chi connectivity index (χ2n) is 13.8. The lowest BCUT2D eigenvalue weighted by molar-refractivity contribution is -0.126. The first-order chi connectivity index (χ1) is 24.1. The van der Waals surface area contributed by atoms with Crippen molar-refractivity contribution >= 4 is 49.9 Å². The molecule has 16 heteroatoms. The van der Waals surface area contributed by atoms with Crippen LogP contribution in [-0.4, -0.2) is 120 Å². The first-order valence-corrected chi connectivity index (χ1v) is 19.4. The Bertz CT molecular complexity index is 1840. The summed E-state index contributed by atoms with van der Waals surface area (Å²) < 4.78 is 50.8. The quantitative estimate of drug-likeness (QED) is 0.306. The number of likely N-dealkylation sites (tertiary alicyclic amines) is 1. The lowest BCUT2D eigenvalue weighted by atomic mass is 9.91. The van der Waals surface area contributed by atoms with Gasteiger partial charge in [0.05, 0.1) is 36.2 Å². The molecule has 0 aliphatic carbocycles. The van der Waals surface area contributed by atoms with Gasteiger partial charge < -0.3 is 29.5 Å². The number of carbonyl (C=O) groups excluding carboxylic acids is 1. The highest BCUT2D eigenvalue weighted by Gasteiger charge is 2.40. The zero-order valence-corrected chi connectivity index (χ0v) is 29.3. The van der Waals surface area contributed by atoms with Crippen LogP contribution in [0.15, 0.2) is 37.2 Å². The maximum absolute atomic E-state index is 15.3. The number of carbonyl (C=O) groups is 1. The molecule has 50 heavy (non-hydrogen) atoms. The fourth-order valence-electron chi connectivity index (χ4n) is 7.54. The van der Waals surface area contributed by atoms with Gasteiger partial charge in [-0.2, -0.15) is 10.1 Å². The summed E-state index contributed by atoms with van der Waals surface area (Å²) in [6.07, 6.45) is 8.02. The Kier molecular flexibility index (Phi) is 9.85. The highest BCUT2D eigenvalue weighted by Crippen LogP contribution is 2.40. The highest BCUT2D eigenvalue weighted by molar-refractivity contribution is 7.90. The molecule has 1 unspecified atom stereocenters. The van der Waals surface area contributed by atoms with Gasteiger partial charge in [-0.3, -0.25) is 4.79 Å². The van der Waals surface area contributed by atoms with Crippen LogP contribution in [0.5, 0.6) is 0 Å². The average molecular weight is 710 g/mol. The number of sulfone groups is 1. The van der Waals surface area contributed by atoms with Gasteiger partial charge in [-0.25, -0.2) is 22.8 Å². The minimum atomic E-state index is -3.13. The smallest absolute Gasteiger partial charge is 0.246 e. The van der Waals surface area contributed by atoms with E-state index >= 15 is 4.39 Å². The van der Waals surface area contributed by atoms with Gasteiger partial charge in [0.1, 0.15) is 27.6 Å². The molecule has 7 heterocycles. The summed E-state index contributed by atoms with van der Waals surface area (Å²) >= 11 is 0. The van der Waals surface area contributed by atoms with Crippen LogP contribution in [0.25, 0.3) is 10.8 Å². The van der Waals surface area contributed by atoms with Crippen LogP contribution >= 0.6 is 0 Å². The Hall–Kier alpha value is -4.02. The molecule has 0 bridgehead atoms. The number of piperidine rings is 1.